The number of rotatable bonds is 6. The van der Waals surface area contributed by atoms with Crippen molar-refractivity contribution in [2.75, 3.05) is 4.90 Å². The van der Waals surface area contributed by atoms with Gasteiger partial charge in [0.15, 0.2) is 5.58 Å². The van der Waals surface area contributed by atoms with Crippen molar-refractivity contribution >= 4 is 60.9 Å². The average Bonchev–Trinajstić information content (AvgIpc) is 3.81. The van der Waals surface area contributed by atoms with Gasteiger partial charge in [-0.05, 0) is 88.1 Å². The van der Waals surface area contributed by atoms with Crippen LogP contribution in [0.3, 0.4) is 0 Å². The summed E-state index contributed by atoms with van der Waals surface area (Å²) in [6.07, 6.45) is 0. The van der Waals surface area contributed by atoms with E-state index in [1.54, 1.807) is 0 Å². The number of hydrogen-bond acceptors (Lipinski definition) is 4. The Kier molecular flexibility index (Phi) is 6.78. The Balaban J connectivity index is 1.05. The smallest absolute Gasteiger partial charge is 0.228 e. The molecule has 0 amide bonds. The van der Waals surface area contributed by atoms with Crippen molar-refractivity contribution in [2.24, 2.45) is 0 Å². The molecule has 0 saturated carbocycles. The minimum Gasteiger partial charge on any atom is -0.456 e. The maximum atomic E-state index is 6.60. The van der Waals surface area contributed by atoms with Crippen molar-refractivity contribution < 1.29 is 8.83 Å². The van der Waals surface area contributed by atoms with Gasteiger partial charge in [0.1, 0.15) is 16.7 Å². The summed E-state index contributed by atoms with van der Waals surface area (Å²) in [4.78, 5) is 7.27. The Bertz CT molecular complexity index is 2860. The second kappa shape index (κ2) is 11.9. The van der Waals surface area contributed by atoms with Gasteiger partial charge < -0.3 is 13.7 Å². The second-order valence-electron chi connectivity index (χ2n) is 12.7. The van der Waals surface area contributed by atoms with E-state index in [1.165, 1.54) is 21.9 Å². The van der Waals surface area contributed by atoms with E-state index in [0.717, 1.165) is 66.8 Å². The molecule has 10 rings (SSSR count). The zero-order chi connectivity index (χ0) is 33.7. The van der Waals surface area contributed by atoms with Gasteiger partial charge in [-0.3, -0.25) is 0 Å². The van der Waals surface area contributed by atoms with Crippen LogP contribution in [0.5, 0.6) is 0 Å². The van der Waals surface area contributed by atoms with Crippen LogP contribution in [-0.4, -0.2) is 4.98 Å². The summed E-state index contributed by atoms with van der Waals surface area (Å²) in [6.45, 7) is 0. The minimum atomic E-state index is 0.576. The predicted molar refractivity (Wildman–Crippen MR) is 210 cm³/mol. The topological polar surface area (TPSA) is 42.4 Å². The molecule has 0 fully saturated rings. The number of aromatic nitrogens is 1. The lowest BCUT2D eigenvalue weighted by atomic mass is 9.97. The molecule has 0 bridgehead atoms. The molecule has 2 aromatic heterocycles. The van der Waals surface area contributed by atoms with Crippen molar-refractivity contribution in [3.05, 3.63) is 182 Å². The van der Waals surface area contributed by atoms with Crippen molar-refractivity contribution in [3.63, 3.8) is 0 Å². The molecule has 4 nitrogen and oxygen atoms in total. The highest BCUT2D eigenvalue weighted by Crippen LogP contribution is 2.41. The molecule has 2 heterocycles. The fraction of sp³-hybridized carbons (Fsp3) is 0. The van der Waals surface area contributed by atoms with Gasteiger partial charge in [0.2, 0.25) is 5.89 Å². The molecule has 0 aliphatic heterocycles. The predicted octanol–water partition coefficient (Wildman–Crippen LogP) is 13.4. The van der Waals surface area contributed by atoms with Gasteiger partial charge in [0, 0.05) is 39.0 Å². The molecule has 0 spiro atoms. The van der Waals surface area contributed by atoms with Gasteiger partial charge in [0.05, 0.1) is 0 Å². The van der Waals surface area contributed by atoms with Crippen LogP contribution >= 0.6 is 0 Å². The summed E-state index contributed by atoms with van der Waals surface area (Å²) in [5.74, 6) is 0.576. The van der Waals surface area contributed by atoms with Crippen LogP contribution in [-0.2, 0) is 0 Å². The Hall–Kier alpha value is -6.91. The maximum absolute atomic E-state index is 6.60. The second-order valence-corrected chi connectivity index (χ2v) is 12.7. The van der Waals surface area contributed by atoms with E-state index in [9.17, 15) is 0 Å². The van der Waals surface area contributed by atoms with Gasteiger partial charge in [-0.15, -0.1) is 0 Å². The molecule has 4 heteroatoms. The molecule has 0 unspecified atom stereocenters. The molecule has 10 aromatic rings. The van der Waals surface area contributed by atoms with E-state index in [1.807, 2.05) is 42.5 Å². The lowest BCUT2D eigenvalue weighted by Gasteiger charge is -2.26. The Labute approximate surface area is 294 Å². The number of para-hydroxylation sites is 3. The van der Waals surface area contributed by atoms with Crippen LogP contribution in [0.25, 0.3) is 77.5 Å². The van der Waals surface area contributed by atoms with Crippen molar-refractivity contribution in [1.29, 1.82) is 0 Å². The van der Waals surface area contributed by atoms with Crippen molar-refractivity contribution in [3.8, 4) is 33.7 Å². The first-order valence-corrected chi connectivity index (χ1v) is 17.1. The van der Waals surface area contributed by atoms with E-state index < -0.39 is 0 Å². The molecule has 0 radical (unpaired) electrons. The first-order chi connectivity index (χ1) is 25.3. The van der Waals surface area contributed by atoms with Gasteiger partial charge in [-0.25, -0.2) is 4.98 Å². The largest absolute Gasteiger partial charge is 0.456 e. The van der Waals surface area contributed by atoms with Crippen LogP contribution in [0.2, 0.25) is 0 Å². The third-order valence-electron chi connectivity index (χ3n) is 9.70. The van der Waals surface area contributed by atoms with Crippen molar-refractivity contribution in [1.82, 2.24) is 4.98 Å². The van der Waals surface area contributed by atoms with Gasteiger partial charge in [-0.1, -0.05) is 121 Å². The fourth-order valence-electron chi connectivity index (χ4n) is 7.35. The van der Waals surface area contributed by atoms with E-state index in [4.69, 9.17) is 13.8 Å². The molecule has 0 N–H and O–H groups in total. The molecule has 0 aliphatic carbocycles. The Morgan fingerprint density at radius 1 is 0.412 bits per heavy atom. The highest BCUT2D eigenvalue weighted by Gasteiger charge is 2.19. The van der Waals surface area contributed by atoms with Gasteiger partial charge >= 0.3 is 0 Å². The van der Waals surface area contributed by atoms with Crippen LogP contribution < -0.4 is 4.90 Å². The highest BCUT2D eigenvalue weighted by atomic mass is 16.4. The monoisotopic (exact) mass is 654 g/mol. The standard InChI is InChI=1S/C47H30N2O2/c1-2-15-34(16-3-1)49(36-17-8-14-33(30-36)38-20-9-13-31-12-4-5-18-37(31)38)35-28-26-32(27-29-35)39-21-10-23-42-46(39)51-47(48-42)41-22-11-25-44-45(41)40-19-6-7-24-43(40)50-44/h1-30H. The summed E-state index contributed by atoms with van der Waals surface area (Å²) in [5, 5.41) is 4.53. The molecule has 51 heavy (non-hydrogen) atoms. The van der Waals surface area contributed by atoms with Gasteiger partial charge in [-0.2, -0.15) is 0 Å². The number of nitrogens with zero attached hydrogens (tertiary/aromatic N) is 2. The van der Waals surface area contributed by atoms with E-state index >= 15 is 0 Å². The average molecular weight is 655 g/mol. The maximum Gasteiger partial charge on any atom is 0.228 e. The third-order valence-corrected chi connectivity index (χ3v) is 9.70. The molecule has 0 atom stereocenters. The number of anilines is 3. The number of benzene rings is 8. The summed E-state index contributed by atoms with van der Waals surface area (Å²) in [7, 11) is 0. The normalized spacial score (nSPS) is 11.5. The molecular formula is C47H30N2O2. The molecule has 240 valence electrons. The van der Waals surface area contributed by atoms with E-state index in [2.05, 4.69) is 144 Å². The first-order valence-electron chi connectivity index (χ1n) is 17.1. The van der Waals surface area contributed by atoms with Crippen LogP contribution in [0, 0.1) is 0 Å². The molecular weight excluding hydrogens is 625 g/mol. The molecule has 0 aliphatic rings. The zero-order valence-electron chi connectivity index (χ0n) is 27.5. The first kappa shape index (κ1) is 29.0. The van der Waals surface area contributed by atoms with Crippen molar-refractivity contribution in [2.45, 2.75) is 0 Å². The quantitative estimate of drug-likeness (QED) is 0.179. The number of furan rings is 1. The number of fused-ring (bicyclic) bond motifs is 5. The van der Waals surface area contributed by atoms with E-state index in [-0.39, 0.29) is 0 Å². The number of oxazole rings is 1. The highest BCUT2D eigenvalue weighted by molar-refractivity contribution is 6.12. The van der Waals surface area contributed by atoms with E-state index in [0.29, 0.717) is 5.89 Å². The number of hydrogen-bond donors (Lipinski definition) is 0. The Morgan fingerprint density at radius 2 is 1.06 bits per heavy atom. The molecule has 0 saturated heterocycles. The zero-order valence-corrected chi connectivity index (χ0v) is 27.5. The summed E-state index contributed by atoms with van der Waals surface area (Å²) >= 11 is 0. The summed E-state index contributed by atoms with van der Waals surface area (Å²) in [5.41, 5.74) is 11.8. The molecule has 8 aromatic carbocycles. The minimum absolute atomic E-state index is 0.576. The van der Waals surface area contributed by atoms with Crippen LogP contribution in [0.4, 0.5) is 17.1 Å². The lowest BCUT2D eigenvalue weighted by Crippen LogP contribution is -2.09. The Morgan fingerprint density at radius 3 is 1.96 bits per heavy atom. The summed E-state index contributed by atoms with van der Waals surface area (Å²) < 4.78 is 12.8. The van der Waals surface area contributed by atoms with Crippen LogP contribution in [0.1, 0.15) is 0 Å². The van der Waals surface area contributed by atoms with Gasteiger partial charge in [0.25, 0.3) is 0 Å². The third kappa shape index (κ3) is 4.96. The summed E-state index contributed by atoms with van der Waals surface area (Å²) in [6, 6.07) is 63.4. The SMILES string of the molecule is c1ccc(N(c2ccc(-c3cccc4nc(-c5cccc6oc7ccccc7c56)oc34)cc2)c2cccc(-c3cccc4ccccc34)c2)cc1. The fourth-order valence-corrected chi connectivity index (χ4v) is 7.35. The lowest BCUT2D eigenvalue weighted by molar-refractivity contribution is 0.621. The van der Waals surface area contributed by atoms with Crippen LogP contribution in [0.15, 0.2) is 191 Å².